The number of ether oxygens (including phenoxy) is 1. The molecule has 0 unspecified atom stereocenters. The number of esters is 1. The van der Waals surface area contributed by atoms with Crippen LogP contribution < -0.4 is 5.32 Å². The number of carbonyl (C=O) groups is 2. The standard InChI is InChI=1S/C14H13NO3S2/c1-2-18-13(17)11(14-19-8-9-20-14)12(16)15-10-6-4-3-5-7-10/h3-9H,2H2,1H3,(H,15,16). The average Bonchev–Trinajstić information content (AvgIpc) is 2.94. The zero-order valence-corrected chi connectivity index (χ0v) is 12.4. The summed E-state index contributed by atoms with van der Waals surface area (Å²) in [6.07, 6.45) is 0. The van der Waals surface area contributed by atoms with Crippen molar-refractivity contribution in [3.05, 3.63) is 51.0 Å². The van der Waals surface area contributed by atoms with E-state index in [2.05, 4.69) is 5.32 Å². The maximum Gasteiger partial charge on any atom is 0.345 e. The lowest BCUT2D eigenvalue weighted by Gasteiger charge is -2.10. The van der Waals surface area contributed by atoms with E-state index in [0.717, 1.165) is 0 Å². The molecule has 6 heteroatoms. The zero-order valence-electron chi connectivity index (χ0n) is 10.8. The largest absolute Gasteiger partial charge is 0.462 e. The molecule has 1 amide bonds. The van der Waals surface area contributed by atoms with E-state index in [9.17, 15) is 9.59 Å². The fourth-order valence-electron chi connectivity index (χ4n) is 1.51. The van der Waals surface area contributed by atoms with Crippen LogP contribution in [0.4, 0.5) is 5.69 Å². The van der Waals surface area contributed by atoms with Crippen LogP contribution in [0.5, 0.6) is 0 Å². The van der Waals surface area contributed by atoms with Crippen molar-refractivity contribution in [1.82, 2.24) is 0 Å². The number of hydrogen-bond donors (Lipinski definition) is 1. The van der Waals surface area contributed by atoms with Gasteiger partial charge < -0.3 is 10.1 Å². The van der Waals surface area contributed by atoms with Crippen LogP contribution in [-0.4, -0.2) is 18.5 Å². The van der Waals surface area contributed by atoms with Crippen LogP contribution in [0, 0.1) is 0 Å². The van der Waals surface area contributed by atoms with Gasteiger partial charge in [-0.05, 0) is 29.9 Å². The fraction of sp³-hybridized carbons (Fsp3) is 0.143. The van der Waals surface area contributed by atoms with Gasteiger partial charge in [0.15, 0.2) is 0 Å². The second kappa shape index (κ2) is 7.21. The SMILES string of the molecule is CCOC(=O)C(C(=O)Nc1ccccc1)=C1SC=CS1. The molecule has 0 aromatic heterocycles. The van der Waals surface area contributed by atoms with Crippen LogP contribution in [0.1, 0.15) is 6.92 Å². The molecule has 0 atom stereocenters. The molecule has 0 saturated heterocycles. The molecule has 4 nitrogen and oxygen atoms in total. The highest BCUT2D eigenvalue weighted by atomic mass is 32.2. The Labute approximate surface area is 125 Å². The number of nitrogens with one attached hydrogen (secondary N) is 1. The normalized spacial score (nSPS) is 13.2. The Bertz CT molecular complexity index is 557. The Morgan fingerprint density at radius 1 is 1.15 bits per heavy atom. The lowest BCUT2D eigenvalue weighted by molar-refractivity contribution is -0.139. The summed E-state index contributed by atoms with van der Waals surface area (Å²) in [5.74, 6) is -1.05. The molecule has 0 spiro atoms. The van der Waals surface area contributed by atoms with Gasteiger partial charge in [-0.15, -0.1) is 0 Å². The predicted octanol–water partition coefficient (Wildman–Crippen LogP) is 3.35. The van der Waals surface area contributed by atoms with E-state index >= 15 is 0 Å². The summed E-state index contributed by atoms with van der Waals surface area (Å²) in [5, 5.41) is 6.36. The van der Waals surface area contributed by atoms with E-state index in [-0.39, 0.29) is 12.2 Å². The van der Waals surface area contributed by atoms with Crippen molar-refractivity contribution in [3.8, 4) is 0 Å². The van der Waals surface area contributed by atoms with E-state index in [1.807, 2.05) is 29.0 Å². The van der Waals surface area contributed by atoms with E-state index in [4.69, 9.17) is 4.74 Å². The minimum absolute atomic E-state index is 0.0516. The minimum Gasteiger partial charge on any atom is -0.462 e. The zero-order chi connectivity index (χ0) is 14.4. The number of amides is 1. The molecule has 0 saturated carbocycles. The van der Waals surface area contributed by atoms with Gasteiger partial charge >= 0.3 is 5.97 Å². The van der Waals surface area contributed by atoms with Gasteiger partial charge in [0.1, 0.15) is 5.57 Å². The lowest BCUT2D eigenvalue weighted by Crippen LogP contribution is -2.23. The van der Waals surface area contributed by atoms with E-state index < -0.39 is 11.9 Å². The number of benzene rings is 1. The third kappa shape index (κ3) is 3.68. The minimum atomic E-state index is -0.598. The second-order valence-corrected chi connectivity index (χ2v) is 5.80. The van der Waals surface area contributed by atoms with Crippen LogP contribution >= 0.6 is 23.5 Å². The van der Waals surface area contributed by atoms with Crippen molar-refractivity contribution in [2.24, 2.45) is 0 Å². The van der Waals surface area contributed by atoms with Crippen molar-refractivity contribution < 1.29 is 14.3 Å². The Balaban J connectivity index is 2.21. The molecule has 0 radical (unpaired) electrons. The van der Waals surface area contributed by atoms with Gasteiger partial charge in [0.05, 0.1) is 10.8 Å². The van der Waals surface area contributed by atoms with Crippen molar-refractivity contribution in [2.75, 3.05) is 11.9 Å². The van der Waals surface area contributed by atoms with Crippen molar-refractivity contribution in [2.45, 2.75) is 6.92 Å². The number of para-hydroxylation sites is 1. The molecule has 1 aliphatic heterocycles. The number of anilines is 1. The number of carbonyl (C=O) groups excluding carboxylic acids is 2. The van der Waals surface area contributed by atoms with E-state index in [1.165, 1.54) is 23.5 Å². The molecular formula is C14H13NO3S2. The topological polar surface area (TPSA) is 55.4 Å². The first-order chi connectivity index (χ1) is 9.72. The molecule has 104 valence electrons. The molecule has 1 aromatic carbocycles. The third-order valence-electron chi connectivity index (χ3n) is 2.35. The smallest absolute Gasteiger partial charge is 0.345 e. The summed E-state index contributed by atoms with van der Waals surface area (Å²) in [5.41, 5.74) is 0.691. The highest BCUT2D eigenvalue weighted by Gasteiger charge is 2.26. The fourth-order valence-corrected chi connectivity index (χ4v) is 3.35. The second-order valence-electron chi connectivity index (χ2n) is 3.71. The average molecular weight is 307 g/mol. The van der Waals surface area contributed by atoms with Crippen molar-refractivity contribution in [1.29, 1.82) is 0 Å². The van der Waals surface area contributed by atoms with E-state index in [0.29, 0.717) is 9.92 Å². The van der Waals surface area contributed by atoms with E-state index in [1.54, 1.807) is 19.1 Å². The van der Waals surface area contributed by atoms with Crippen LogP contribution in [0.15, 0.2) is 51.0 Å². The molecular weight excluding hydrogens is 294 g/mol. The summed E-state index contributed by atoms with van der Waals surface area (Å²) in [6, 6.07) is 9.00. The first-order valence-electron chi connectivity index (χ1n) is 5.98. The predicted molar refractivity (Wildman–Crippen MR) is 83.1 cm³/mol. The molecule has 2 rings (SSSR count). The van der Waals surface area contributed by atoms with Gasteiger partial charge in [-0.2, -0.15) is 0 Å². The van der Waals surface area contributed by atoms with Gasteiger partial charge in [-0.3, -0.25) is 4.79 Å². The molecule has 1 aromatic rings. The Morgan fingerprint density at radius 3 is 2.40 bits per heavy atom. The quantitative estimate of drug-likeness (QED) is 0.400. The number of thioether (sulfide) groups is 2. The van der Waals surface area contributed by atoms with Gasteiger partial charge in [-0.1, -0.05) is 41.7 Å². The summed E-state index contributed by atoms with van der Waals surface area (Å²) in [4.78, 5) is 24.3. The summed E-state index contributed by atoms with van der Waals surface area (Å²) in [6.45, 7) is 1.94. The Kier molecular flexibility index (Phi) is 5.31. The summed E-state index contributed by atoms with van der Waals surface area (Å²) < 4.78 is 5.60. The molecule has 20 heavy (non-hydrogen) atoms. The number of rotatable bonds is 4. The Morgan fingerprint density at radius 2 is 1.80 bits per heavy atom. The van der Waals surface area contributed by atoms with Crippen LogP contribution in [0.25, 0.3) is 0 Å². The molecule has 0 fully saturated rings. The third-order valence-corrected chi connectivity index (χ3v) is 4.48. The molecule has 1 aliphatic rings. The summed E-state index contributed by atoms with van der Waals surface area (Å²) in [7, 11) is 0. The maximum atomic E-state index is 12.3. The molecule has 1 heterocycles. The highest BCUT2D eigenvalue weighted by Crippen LogP contribution is 2.40. The van der Waals surface area contributed by atoms with Crippen LogP contribution in [0.3, 0.4) is 0 Å². The van der Waals surface area contributed by atoms with Crippen molar-refractivity contribution in [3.63, 3.8) is 0 Å². The number of hydrogen-bond acceptors (Lipinski definition) is 5. The van der Waals surface area contributed by atoms with Gasteiger partial charge in [0.25, 0.3) is 5.91 Å². The molecule has 0 aliphatic carbocycles. The highest BCUT2D eigenvalue weighted by molar-refractivity contribution is 8.27. The molecule has 1 N–H and O–H groups in total. The van der Waals surface area contributed by atoms with Crippen LogP contribution in [0.2, 0.25) is 0 Å². The Hall–Kier alpha value is -1.66. The molecule has 0 bridgehead atoms. The van der Waals surface area contributed by atoms with Crippen LogP contribution in [-0.2, 0) is 14.3 Å². The first kappa shape index (κ1) is 14.7. The van der Waals surface area contributed by atoms with Gasteiger partial charge in [-0.25, -0.2) is 4.79 Å². The lowest BCUT2D eigenvalue weighted by atomic mass is 10.2. The maximum absolute atomic E-state index is 12.3. The summed E-state index contributed by atoms with van der Waals surface area (Å²) >= 11 is 2.69. The van der Waals surface area contributed by atoms with Gasteiger partial charge in [0, 0.05) is 5.69 Å². The van der Waals surface area contributed by atoms with Crippen molar-refractivity contribution >= 4 is 41.1 Å². The first-order valence-corrected chi connectivity index (χ1v) is 7.74. The monoisotopic (exact) mass is 307 g/mol. The van der Waals surface area contributed by atoms with Gasteiger partial charge in [0.2, 0.25) is 0 Å².